The van der Waals surface area contributed by atoms with Crippen molar-refractivity contribution in [1.82, 2.24) is 15.6 Å². The lowest BCUT2D eigenvalue weighted by atomic mass is 9.99. The average Bonchev–Trinajstić information content (AvgIpc) is 3.11. The summed E-state index contributed by atoms with van der Waals surface area (Å²) in [5, 5.41) is 6.44. The Kier molecular flexibility index (Phi) is 4.57. The fraction of sp³-hybridized carbons (Fsp3) is 0.333. The molecule has 2 heterocycles. The van der Waals surface area contributed by atoms with Gasteiger partial charge in [0.2, 0.25) is 0 Å². The highest BCUT2D eigenvalue weighted by Gasteiger charge is 2.22. The topological polar surface area (TPSA) is 74.0 Å². The van der Waals surface area contributed by atoms with Crippen LogP contribution in [0.4, 0.5) is 0 Å². The number of amides is 1. The predicted octanol–water partition coefficient (Wildman–Crippen LogP) is 2.12. The zero-order chi connectivity index (χ0) is 16.2. The molecule has 1 fully saturated rings. The van der Waals surface area contributed by atoms with E-state index in [4.69, 9.17) is 0 Å². The second-order valence-corrected chi connectivity index (χ2v) is 5.97. The summed E-state index contributed by atoms with van der Waals surface area (Å²) in [5.41, 5.74) is 1.77. The van der Waals surface area contributed by atoms with E-state index in [0.717, 1.165) is 19.4 Å². The number of H-pyrrole nitrogens is 1. The quantitative estimate of drug-likeness (QED) is 0.757. The number of benzene rings is 1. The van der Waals surface area contributed by atoms with Crippen LogP contribution < -0.4 is 10.6 Å². The number of carbonyl (C=O) groups is 2. The van der Waals surface area contributed by atoms with E-state index in [9.17, 15) is 9.59 Å². The molecular formula is C18H21N3O2. The van der Waals surface area contributed by atoms with Crippen molar-refractivity contribution >= 4 is 11.7 Å². The molecule has 0 bridgehead atoms. The molecule has 1 amide bonds. The van der Waals surface area contributed by atoms with E-state index >= 15 is 0 Å². The molecule has 1 aromatic carbocycles. The highest BCUT2D eigenvalue weighted by atomic mass is 16.1. The number of hydrogen-bond acceptors (Lipinski definition) is 3. The second kappa shape index (κ2) is 6.79. The molecule has 0 radical (unpaired) electrons. The summed E-state index contributed by atoms with van der Waals surface area (Å²) in [5.74, 6) is -0.144. The van der Waals surface area contributed by atoms with Gasteiger partial charge in [-0.1, -0.05) is 12.1 Å². The summed E-state index contributed by atoms with van der Waals surface area (Å²) < 4.78 is 0. The normalized spacial score (nSPS) is 20.9. The van der Waals surface area contributed by atoms with E-state index in [0.29, 0.717) is 16.7 Å². The number of piperidine rings is 1. The van der Waals surface area contributed by atoms with Gasteiger partial charge in [0.25, 0.3) is 5.91 Å². The molecule has 3 rings (SSSR count). The molecular weight excluding hydrogens is 290 g/mol. The Bertz CT molecular complexity index is 677. The van der Waals surface area contributed by atoms with Gasteiger partial charge in [-0.05, 0) is 44.5 Å². The molecule has 2 aromatic rings. The van der Waals surface area contributed by atoms with Crippen molar-refractivity contribution in [2.45, 2.75) is 31.8 Å². The molecule has 3 N–H and O–H groups in total. The minimum Gasteiger partial charge on any atom is -0.367 e. The maximum atomic E-state index is 12.3. The van der Waals surface area contributed by atoms with Crippen LogP contribution >= 0.6 is 0 Å². The van der Waals surface area contributed by atoms with Crippen molar-refractivity contribution in [2.24, 2.45) is 0 Å². The highest BCUT2D eigenvalue weighted by molar-refractivity contribution is 6.09. The molecule has 1 aromatic heterocycles. The summed E-state index contributed by atoms with van der Waals surface area (Å²) >= 11 is 0. The molecule has 2 unspecified atom stereocenters. The first-order valence-corrected chi connectivity index (χ1v) is 7.97. The molecule has 0 saturated carbocycles. The van der Waals surface area contributed by atoms with Crippen LogP contribution in [-0.4, -0.2) is 35.3 Å². The summed E-state index contributed by atoms with van der Waals surface area (Å²) in [6, 6.07) is 8.98. The summed E-state index contributed by atoms with van der Waals surface area (Å²) in [6.45, 7) is 3.09. The molecule has 23 heavy (non-hydrogen) atoms. The fourth-order valence-corrected chi connectivity index (χ4v) is 2.90. The number of hydrogen-bond donors (Lipinski definition) is 3. The first-order chi connectivity index (χ1) is 11.1. The van der Waals surface area contributed by atoms with Crippen LogP contribution in [0.2, 0.25) is 0 Å². The van der Waals surface area contributed by atoms with E-state index in [1.54, 1.807) is 42.7 Å². The van der Waals surface area contributed by atoms with E-state index in [-0.39, 0.29) is 23.8 Å². The van der Waals surface area contributed by atoms with Crippen molar-refractivity contribution in [3.05, 3.63) is 59.4 Å². The van der Waals surface area contributed by atoms with Gasteiger partial charge < -0.3 is 15.6 Å². The van der Waals surface area contributed by atoms with Crippen molar-refractivity contribution in [2.75, 3.05) is 6.54 Å². The van der Waals surface area contributed by atoms with Crippen LogP contribution in [0.1, 0.15) is 46.0 Å². The average molecular weight is 311 g/mol. The number of aromatic amines is 1. The maximum absolute atomic E-state index is 12.3. The zero-order valence-corrected chi connectivity index (χ0v) is 13.1. The molecule has 0 aliphatic carbocycles. The number of carbonyl (C=O) groups excluding carboxylic acids is 2. The zero-order valence-electron chi connectivity index (χ0n) is 13.1. The predicted molar refractivity (Wildman–Crippen MR) is 88.6 cm³/mol. The summed E-state index contributed by atoms with van der Waals surface area (Å²) in [7, 11) is 0. The molecule has 0 spiro atoms. The van der Waals surface area contributed by atoms with Gasteiger partial charge in [-0.25, -0.2) is 0 Å². The standard InChI is InChI=1S/C18H21N3O2/c1-12-16(3-2-9-20-12)21-18(23)14-6-4-13(5-7-14)17(22)15-8-10-19-11-15/h4-8,10-12,16,19-20H,2-3,9H2,1H3,(H,21,23). The third kappa shape index (κ3) is 3.51. The van der Waals surface area contributed by atoms with Crippen LogP contribution in [0, 0.1) is 0 Å². The lowest BCUT2D eigenvalue weighted by molar-refractivity contribution is 0.0918. The van der Waals surface area contributed by atoms with Gasteiger partial charge in [-0.15, -0.1) is 0 Å². The first-order valence-electron chi connectivity index (χ1n) is 7.97. The number of nitrogens with one attached hydrogen (secondary N) is 3. The van der Waals surface area contributed by atoms with Crippen LogP contribution in [0.5, 0.6) is 0 Å². The minimum atomic E-state index is -0.0915. The molecule has 1 saturated heterocycles. The molecule has 120 valence electrons. The largest absolute Gasteiger partial charge is 0.367 e. The Morgan fingerprint density at radius 3 is 2.48 bits per heavy atom. The van der Waals surface area contributed by atoms with E-state index in [1.165, 1.54) is 0 Å². The number of rotatable bonds is 4. The van der Waals surface area contributed by atoms with Crippen LogP contribution in [0.15, 0.2) is 42.7 Å². The molecule has 5 heteroatoms. The van der Waals surface area contributed by atoms with Crippen molar-refractivity contribution < 1.29 is 9.59 Å². The summed E-state index contributed by atoms with van der Waals surface area (Å²) in [6.07, 6.45) is 5.44. The van der Waals surface area contributed by atoms with E-state index in [1.807, 2.05) is 0 Å². The van der Waals surface area contributed by atoms with Gasteiger partial charge in [0.15, 0.2) is 5.78 Å². The third-order valence-corrected chi connectivity index (χ3v) is 4.35. The van der Waals surface area contributed by atoms with Crippen LogP contribution in [0.25, 0.3) is 0 Å². The molecule has 2 atom stereocenters. The third-order valence-electron chi connectivity index (χ3n) is 4.35. The van der Waals surface area contributed by atoms with Gasteiger partial charge in [0.05, 0.1) is 0 Å². The lowest BCUT2D eigenvalue weighted by Crippen LogP contribution is -2.51. The Labute approximate surface area is 135 Å². The monoisotopic (exact) mass is 311 g/mol. The molecule has 1 aliphatic heterocycles. The maximum Gasteiger partial charge on any atom is 0.251 e. The van der Waals surface area contributed by atoms with Gasteiger partial charge in [-0.3, -0.25) is 9.59 Å². The SMILES string of the molecule is CC1NCCCC1NC(=O)c1ccc(C(=O)c2cc[nH]c2)cc1. The first kappa shape index (κ1) is 15.5. The number of aromatic nitrogens is 1. The van der Waals surface area contributed by atoms with Crippen molar-refractivity contribution in [3.8, 4) is 0 Å². The highest BCUT2D eigenvalue weighted by Crippen LogP contribution is 2.13. The van der Waals surface area contributed by atoms with Crippen LogP contribution in [-0.2, 0) is 0 Å². The van der Waals surface area contributed by atoms with Crippen molar-refractivity contribution in [1.29, 1.82) is 0 Å². The van der Waals surface area contributed by atoms with Gasteiger partial charge in [0.1, 0.15) is 0 Å². The number of ketones is 1. The van der Waals surface area contributed by atoms with Gasteiger partial charge >= 0.3 is 0 Å². The van der Waals surface area contributed by atoms with E-state index in [2.05, 4.69) is 22.5 Å². The summed E-state index contributed by atoms with van der Waals surface area (Å²) in [4.78, 5) is 27.4. The van der Waals surface area contributed by atoms with Gasteiger partial charge in [0, 0.05) is 41.2 Å². The van der Waals surface area contributed by atoms with E-state index < -0.39 is 0 Å². The van der Waals surface area contributed by atoms with Gasteiger partial charge in [-0.2, -0.15) is 0 Å². The smallest absolute Gasteiger partial charge is 0.251 e. The fourth-order valence-electron chi connectivity index (χ4n) is 2.90. The Balaban J connectivity index is 1.67. The van der Waals surface area contributed by atoms with Crippen molar-refractivity contribution in [3.63, 3.8) is 0 Å². The lowest BCUT2D eigenvalue weighted by Gasteiger charge is -2.30. The minimum absolute atomic E-state index is 0.0525. The second-order valence-electron chi connectivity index (χ2n) is 5.97. The Hall–Kier alpha value is -2.40. The van der Waals surface area contributed by atoms with Crippen LogP contribution in [0.3, 0.4) is 0 Å². The Morgan fingerprint density at radius 2 is 1.83 bits per heavy atom. The molecule has 1 aliphatic rings. The molecule has 5 nitrogen and oxygen atoms in total. The Morgan fingerprint density at radius 1 is 1.09 bits per heavy atom.